The molecule has 4 nitrogen and oxygen atoms in total. The summed E-state index contributed by atoms with van der Waals surface area (Å²) in [5.41, 5.74) is 28.1. The van der Waals surface area contributed by atoms with Crippen LogP contribution in [0.3, 0.4) is 0 Å². The predicted octanol–water partition coefficient (Wildman–Crippen LogP) is 20.1. The van der Waals surface area contributed by atoms with Crippen LogP contribution >= 0.6 is 18.0 Å². The van der Waals surface area contributed by atoms with Crippen molar-refractivity contribution in [2.45, 2.75) is 19.3 Å². The van der Waals surface area contributed by atoms with E-state index < -0.39 is 18.0 Å². The number of halogens is 2. The Labute approximate surface area is 564 Å². The van der Waals surface area contributed by atoms with Gasteiger partial charge in [0.05, 0.1) is 0 Å². The van der Waals surface area contributed by atoms with Crippen molar-refractivity contribution in [2.75, 3.05) is 0 Å². The summed E-state index contributed by atoms with van der Waals surface area (Å²) in [4.78, 5) is 4.90. The van der Waals surface area contributed by atoms with Gasteiger partial charge in [0, 0.05) is 5.69 Å². The monoisotopic (exact) mass is 1440 g/mol. The van der Waals surface area contributed by atoms with E-state index in [1.54, 1.807) is 0 Å². The molecule has 0 fully saturated rings. The molecule has 0 bridgehead atoms. The number of hydrogen-bond acceptors (Lipinski definition) is 0. The van der Waals surface area contributed by atoms with E-state index in [4.69, 9.17) is 9.36 Å². The number of aromatic nitrogens is 3. The van der Waals surface area contributed by atoms with Gasteiger partial charge < -0.3 is 0 Å². The first-order chi connectivity index (χ1) is 46.7. The zero-order valence-corrected chi connectivity index (χ0v) is 56.4. The van der Waals surface area contributed by atoms with Gasteiger partial charge in [-0.1, -0.05) is 12.1 Å². The Hall–Kier alpha value is -10.7. The van der Waals surface area contributed by atoms with E-state index in [-0.39, 0.29) is 26.6 Å². The molecule has 1 unspecified atom stereocenters. The SMILES string of the molecule is C=I1(c2ccc3c(c2)C(C)(C)c2ccccc2-3)c2ccccc2-c2cc(-c3ccc4c(c3)c3ccccc3n4-c3ccc([N+]#Cc4ccc(-n5c6ccccc6c6cc(-c7ccc8c(c7)c7ccccc7n8-c7cccc8c7[I-]c7ccccc7-8)ccc65)cc4)cc3)ccc21. The molecule has 20 rings (SSSR count). The molecule has 0 radical (unpaired) electrons. The standard InChI is InChI=1S/C89H58I2N4/c1-89(2)76-24-10-4-17-64(76)65-44-37-60(53-77(65)89)91(3)79-26-12-6-19-67(79)72-49-56(33-45-80(72)91)57-34-46-85-73(50-57)69-21-8-14-28-82(69)94(85)63-42-38-61(39-43-63)92-54-55-31-40-62(41-32-55)93-81-27-13-7-20-68(81)74-51-58(35-47-84(74)93)59-36-48-86-75(52-59)70-22-9-15-29-83(70)95(86)87-30-16-23-71-66-18-5-11-25-78(66)90-88(71)87/h4-53H,3H2,1-2H3. The molecule has 1 atom stereocenters. The second-order valence-corrected chi connectivity index (χ2v) is 36.2. The van der Waals surface area contributed by atoms with Gasteiger partial charge in [-0.05, 0) is 35.2 Å². The van der Waals surface area contributed by atoms with E-state index >= 15 is 0 Å². The maximum atomic E-state index is 5.31. The van der Waals surface area contributed by atoms with Crippen LogP contribution < -0.4 is 21.2 Å². The fourth-order valence-electron chi connectivity index (χ4n) is 16.0. The summed E-state index contributed by atoms with van der Waals surface area (Å²) >= 11 is -3.51. The van der Waals surface area contributed by atoms with Crippen LogP contribution in [0.2, 0.25) is 0 Å². The minimum atomic E-state index is -3.20. The maximum absolute atomic E-state index is 5.31. The Morgan fingerprint density at radius 1 is 0.358 bits per heavy atom. The normalized spacial score (nSPS) is 15.4. The third-order valence-corrected chi connectivity index (χ3v) is 32.4. The Balaban J connectivity index is 0.584. The molecule has 17 aromatic rings. The number of nitrogens with zero attached hydrogens (tertiary/aromatic N) is 4. The van der Waals surface area contributed by atoms with Crippen LogP contribution in [0.5, 0.6) is 0 Å². The summed E-state index contributed by atoms with van der Waals surface area (Å²) in [6.07, 6.45) is 0. The fourth-order valence-corrected chi connectivity index (χ4v) is 27.3. The van der Waals surface area contributed by atoms with Crippen molar-refractivity contribution in [3.05, 3.63) is 343 Å². The Bertz CT molecular complexity index is 6320. The first kappa shape index (κ1) is 54.8. The van der Waals surface area contributed by atoms with Gasteiger partial charge in [-0.3, -0.25) is 0 Å². The van der Waals surface area contributed by atoms with Gasteiger partial charge in [-0.2, -0.15) is 0 Å². The third-order valence-electron chi connectivity index (χ3n) is 20.6. The first-order valence-corrected chi connectivity index (χ1v) is 39.4. The van der Waals surface area contributed by atoms with Gasteiger partial charge in [-0.15, -0.1) is 0 Å². The molecule has 0 saturated carbocycles. The van der Waals surface area contributed by atoms with E-state index in [0.29, 0.717) is 0 Å². The summed E-state index contributed by atoms with van der Waals surface area (Å²) in [7, 11) is 0. The quantitative estimate of drug-likeness (QED) is 0.148. The third kappa shape index (κ3) is 8.06. The summed E-state index contributed by atoms with van der Waals surface area (Å²) in [6.45, 7) is 4.76. The van der Waals surface area contributed by atoms with E-state index in [1.165, 1.54) is 150 Å². The van der Waals surface area contributed by atoms with E-state index in [9.17, 15) is 0 Å². The second-order valence-electron chi connectivity index (χ2n) is 26.0. The topological polar surface area (TPSA) is 19.1 Å². The molecule has 3 aromatic heterocycles. The van der Waals surface area contributed by atoms with Crippen molar-refractivity contribution < 1.29 is 21.2 Å². The molecule has 2 aliphatic heterocycles. The molecule has 0 spiro atoms. The van der Waals surface area contributed by atoms with Gasteiger partial charge in [0.2, 0.25) is 0 Å². The van der Waals surface area contributed by atoms with Crippen LogP contribution in [0.1, 0.15) is 30.5 Å². The zero-order chi connectivity index (χ0) is 62.8. The van der Waals surface area contributed by atoms with Gasteiger partial charge in [-0.25, -0.2) is 0 Å². The van der Waals surface area contributed by atoms with Crippen molar-refractivity contribution >= 4 is 93.6 Å². The van der Waals surface area contributed by atoms with Crippen LogP contribution in [0.15, 0.2) is 303 Å². The molecule has 0 amide bonds. The van der Waals surface area contributed by atoms with E-state index in [1.807, 2.05) is 0 Å². The van der Waals surface area contributed by atoms with Crippen LogP contribution in [-0.4, -0.2) is 18.2 Å². The predicted molar refractivity (Wildman–Crippen MR) is 402 cm³/mol. The van der Waals surface area contributed by atoms with Gasteiger partial charge in [0.25, 0.3) is 0 Å². The first-order valence-electron chi connectivity index (χ1n) is 32.5. The van der Waals surface area contributed by atoms with Crippen LogP contribution in [0.4, 0.5) is 5.69 Å². The molecule has 6 heteroatoms. The number of fused-ring (bicyclic) bond motifs is 18. The van der Waals surface area contributed by atoms with Gasteiger partial charge in [0.1, 0.15) is 5.56 Å². The average molecular weight is 1440 g/mol. The van der Waals surface area contributed by atoms with Crippen LogP contribution in [-0.2, 0) is 5.41 Å². The summed E-state index contributed by atoms with van der Waals surface area (Å²) in [6, 6.07) is 116. The molecular weight excluding hydrogens is 1380 g/mol. The zero-order valence-electron chi connectivity index (χ0n) is 52.1. The van der Waals surface area contributed by atoms with Crippen molar-refractivity contribution in [3.8, 4) is 78.8 Å². The Morgan fingerprint density at radius 2 is 0.842 bits per heavy atom. The van der Waals surface area contributed by atoms with Gasteiger partial charge >= 0.3 is 511 Å². The molecule has 95 heavy (non-hydrogen) atoms. The molecule has 1 aliphatic carbocycles. The average Bonchev–Trinajstić information content (AvgIpc) is 1.52. The van der Waals surface area contributed by atoms with Crippen molar-refractivity contribution in [1.29, 1.82) is 0 Å². The Morgan fingerprint density at radius 3 is 1.49 bits per heavy atom. The molecule has 0 saturated heterocycles. The Kier molecular flexibility index (Phi) is 11.9. The number of para-hydroxylation sites is 3. The minimum absolute atomic E-state index is 0.0731. The summed E-state index contributed by atoms with van der Waals surface area (Å²) < 4.78 is 19.9. The fraction of sp³-hybridized carbons (Fsp3) is 0.0337. The molecular formula is C89H58I2N4. The van der Waals surface area contributed by atoms with Crippen molar-refractivity contribution in [3.63, 3.8) is 0 Å². The second kappa shape index (κ2) is 20.6. The van der Waals surface area contributed by atoms with Crippen LogP contribution in [0, 0.1) is 23.9 Å². The molecule has 0 N–H and O–H groups in total. The summed E-state index contributed by atoms with van der Waals surface area (Å²) in [5, 5.41) is 7.44. The van der Waals surface area contributed by atoms with E-state index in [0.717, 1.165) is 28.1 Å². The van der Waals surface area contributed by atoms with Crippen LogP contribution in [0.25, 0.3) is 143 Å². The molecule has 14 aromatic carbocycles. The van der Waals surface area contributed by atoms with Crippen molar-refractivity contribution in [2.24, 2.45) is 0 Å². The van der Waals surface area contributed by atoms with Gasteiger partial charge in [0.15, 0.2) is 0 Å². The number of hydrogen-bond donors (Lipinski definition) is 0. The number of benzene rings is 14. The summed E-state index contributed by atoms with van der Waals surface area (Å²) in [5.74, 6) is 0. The molecule has 3 aliphatic rings. The number of rotatable bonds is 6. The van der Waals surface area contributed by atoms with E-state index in [2.05, 4.69) is 337 Å². The molecule has 5 heterocycles. The van der Waals surface area contributed by atoms with Crippen molar-refractivity contribution in [1.82, 2.24) is 13.7 Å². The molecule has 448 valence electrons.